The summed E-state index contributed by atoms with van der Waals surface area (Å²) in [6, 6.07) is 9.14. The summed E-state index contributed by atoms with van der Waals surface area (Å²) in [5, 5.41) is 0. The first kappa shape index (κ1) is 13.5. The topological polar surface area (TPSA) is 73.1 Å². The van der Waals surface area contributed by atoms with Crippen LogP contribution in [0.25, 0.3) is 0 Å². The molecule has 0 fully saturated rings. The molecule has 92 valence electrons. The van der Waals surface area contributed by atoms with Gasteiger partial charge in [-0.05, 0) is 24.3 Å². The lowest BCUT2D eigenvalue weighted by Gasteiger charge is -1.88. The van der Waals surface area contributed by atoms with Gasteiger partial charge in [-0.1, -0.05) is 12.1 Å². The molecule has 2 aromatic rings. The third kappa shape index (κ3) is 4.13. The van der Waals surface area contributed by atoms with Crippen LogP contribution < -0.4 is 5.73 Å². The fourth-order valence-electron chi connectivity index (χ4n) is 1.08. The van der Waals surface area contributed by atoms with E-state index in [1.807, 2.05) is 0 Å². The van der Waals surface area contributed by atoms with Gasteiger partial charge in [-0.2, -0.15) is 0 Å². The van der Waals surface area contributed by atoms with E-state index in [0.717, 1.165) is 0 Å². The minimum atomic E-state index is -0.465. The van der Waals surface area contributed by atoms with Gasteiger partial charge in [-0.25, -0.2) is 4.39 Å². The monoisotopic (exact) mass is 246 g/mol. The first-order chi connectivity index (χ1) is 8.65. The molecule has 4 nitrogen and oxygen atoms in total. The number of rotatable bonds is 2. The summed E-state index contributed by atoms with van der Waals surface area (Å²) in [5.74, 6) is -0.907. The van der Waals surface area contributed by atoms with Crippen LogP contribution in [0.15, 0.2) is 48.8 Å². The molecular formula is C13H11FN2O2. The Morgan fingerprint density at radius 1 is 1.22 bits per heavy atom. The predicted octanol–water partition coefficient (Wildman–Crippen LogP) is 1.82. The molecule has 0 saturated heterocycles. The minimum Gasteiger partial charge on any atom is -0.366 e. The van der Waals surface area contributed by atoms with Crippen molar-refractivity contribution in [3.63, 3.8) is 0 Å². The van der Waals surface area contributed by atoms with Gasteiger partial charge in [-0.3, -0.25) is 14.6 Å². The standard InChI is InChI=1S/C7H5FO.C6H6N2O/c8-7-4-2-1-3-6(7)5-9;7-6(9)5-2-1-3-8-4-5/h1-5H;1-4H,(H2,7,9). The summed E-state index contributed by atoms with van der Waals surface area (Å²) in [6.45, 7) is 0. The van der Waals surface area contributed by atoms with Gasteiger partial charge in [0, 0.05) is 12.4 Å². The number of hydrogen-bond donors (Lipinski definition) is 1. The van der Waals surface area contributed by atoms with E-state index in [0.29, 0.717) is 11.8 Å². The largest absolute Gasteiger partial charge is 0.366 e. The zero-order chi connectivity index (χ0) is 13.4. The fraction of sp³-hybridized carbons (Fsp3) is 0. The number of hydrogen-bond acceptors (Lipinski definition) is 3. The average molecular weight is 246 g/mol. The zero-order valence-corrected chi connectivity index (χ0v) is 9.42. The van der Waals surface area contributed by atoms with Gasteiger partial charge in [-0.15, -0.1) is 0 Å². The quantitative estimate of drug-likeness (QED) is 0.821. The van der Waals surface area contributed by atoms with Crippen LogP contribution in [-0.4, -0.2) is 17.2 Å². The number of nitrogens with two attached hydrogens (primary N) is 1. The molecule has 0 aliphatic heterocycles. The molecule has 1 aromatic carbocycles. The highest BCUT2D eigenvalue weighted by Gasteiger charge is 1.95. The number of primary amides is 1. The van der Waals surface area contributed by atoms with Gasteiger partial charge in [0.05, 0.1) is 11.1 Å². The molecule has 2 rings (SSSR count). The molecule has 0 saturated carbocycles. The smallest absolute Gasteiger partial charge is 0.250 e. The molecule has 0 unspecified atom stereocenters. The van der Waals surface area contributed by atoms with Crippen LogP contribution in [0.3, 0.4) is 0 Å². The number of carbonyl (C=O) groups is 2. The molecule has 1 aromatic heterocycles. The lowest BCUT2D eigenvalue weighted by atomic mass is 10.2. The lowest BCUT2D eigenvalue weighted by Crippen LogP contribution is -2.10. The van der Waals surface area contributed by atoms with Crippen LogP contribution in [0.5, 0.6) is 0 Å². The highest BCUT2D eigenvalue weighted by Crippen LogP contribution is 2.01. The van der Waals surface area contributed by atoms with E-state index < -0.39 is 11.7 Å². The van der Waals surface area contributed by atoms with Crippen LogP contribution in [0.2, 0.25) is 0 Å². The molecule has 0 aliphatic rings. The van der Waals surface area contributed by atoms with E-state index in [1.54, 1.807) is 30.5 Å². The maximum atomic E-state index is 12.4. The fourth-order valence-corrected chi connectivity index (χ4v) is 1.08. The second-order valence-electron chi connectivity index (χ2n) is 3.25. The predicted molar refractivity (Wildman–Crippen MR) is 64.5 cm³/mol. The molecular weight excluding hydrogens is 235 g/mol. The molecule has 0 spiro atoms. The number of halogens is 1. The molecule has 2 N–H and O–H groups in total. The van der Waals surface area contributed by atoms with Crippen molar-refractivity contribution in [3.8, 4) is 0 Å². The molecule has 5 heteroatoms. The summed E-state index contributed by atoms with van der Waals surface area (Å²) in [6.07, 6.45) is 3.52. The van der Waals surface area contributed by atoms with Crippen LogP contribution >= 0.6 is 0 Å². The first-order valence-corrected chi connectivity index (χ1v) is 5.04. The van der Waals surface area contributed by atoms with Gasteiger partial charge in [0.15, 0.2) is 6.29 Å². The number of amides is 1. The SMILES string of the molecule is NC(=O)c1cccnc1.O=Cc1ccccc1F. The Morgan fingerprint density at radius 3 is 2.33 bits per heavy atom. The average Bonchev–Trinajstić information content (AvgIpc) is 2.41. The van der Waals surface area contributed by atoms with E-state index >= 15 is 0 Å². The van der Waals surface area contributed by atoms with E-state index in [-0.39, 0.29) is 5.56 Å². The zero-order valence-electron chi connectivity index (χ0n) is 9.42. The van der Waals surface area contributed by atoms with E-state index in [4.69, 9.17) is 5.73 Å². The van der Waals surface area contributed by atoms with Crippen molar-refractivity contribution in [1.82, 2.24) is 4.98 Å². The number of aldehydes is 1. The van der Waals surface area contributed by atoms with Crippen molar-refractivity contribution in [2.24, 2.45) is 5.73 Å². The third-order valence-corrected chi connectivity index (χ3v) is 1.98. The van der Waals surface area contributed by atoms with E-state index in [2.05, 4.69) is 4.98 Å². The molecule has 0 aliphatic carbocycles. The number of carbonyl (C=O) groups excluding carboxylic acids is 2. The number of benzene rings is 1. The third-order valence-electron chi connectivity index (χ3n) is 1.98. The van der Waals surface area contributed by atoms with Crippen LogP contribution in [0.4, 0.5) is 4.39 Å². The molecule has 1 amide bonds. The first-order valence-electron chi connectivity index (χ1n) is 5.04. The molecule has 18 heavy (non-hydrogen) atoms. The maximum Gasteiger partial charge on any atom is 0.250 e. The highest BCUT2D eigenvalue weighted by atomic mass is 19.1. The van der Waals surface area contributed by atoms with Crippen molar-refractivity contribution >= 4 is 12.2 Å². The Labute approximate surface area is 103 Å². The normalized spacial score (nSPS) is 8.94. The minimum absolute atomic E-state index is 0.109. The Balaban J connectivity index is 0.000000180. The summed E-state index contributed by atoms with van der Waals surface area (Å²) < 4.78 is 12.4. The number of nitrogens with zero attached hydrogens (tertiary/aromatic N) is 1. The van der Waals surface area contributed by atoms with Crippen molar-refractivity contribution < 1.29 is 14.0 Å². The molecule has 0 radical (unpaired) electrons. The van der Waals surface area contributed by atoms with Gasteiger partial charge in [0.2, 0.25) is 5.91 Å². The van der Waals surface area contributed by atoms with Crippen molar-refractivity contribution in [2.75, 3.05) is 0 Å². The summed E-state index contributed by atoms with van der Waals surface area (Å²) in [5.41, 5.74) is 5.49. The van der Waals surface area contributed by atoms with E-state index in [1.165, 1.54) is 18.3 Å². The number of aromatic nitrogens is 1. The van der Waals surface area contributed by atoms with Gasteiger partial charge in [0.1, 0.15) is 5.82 Å². The summed E-state index contributed by atoms with van der Waals surface area (Å²) in [4.78, 5) is 24.1. The maximum absolute atomic E-state index is 12.4. The van der Waals surface area contributed by atoms with Gasteiger partial charge >= 0.3 is 0 Å². The molecule has 0 bridgehead atoms. The van der Waals surface area contributed by atoms with Crippen molar-refractivity contribution in [1.29, 1.82) is 0 Å². The summed E-state index contributed by atoms with van der Waals surface area (Å²) >= 11 is 0. The van der Waals surface area contributed by atoms with Gasteiger partial charge in [0.25, 0.3) is 0 Å². The van der Waals surface area contributed by atoms with E-state index in [9.17, 15) is 14.0 Å². The Bertz CT molecular complexity index is 530. The molecule has 0 atom stereocenters. The van der Waals surface area contributed by atoms with Crippen LogP contribution in [-0.2, 0) is 0 Å². The van der Waals surface area contributed by atoms with Gasteiger partial charge < -0.3 is 5.73 Å². The number of pyridine rings is 1. The lowest BCUT2D eigenvalue weighted by molar-refractivity contribution is 0.0999. The van der Waals surface area contributed by atoms with Crippen molar-refractivity contribution in [3.05, 3.63) is 65.7 Å². The second-order valence-corrected chi connectivity index (χ2v) is 3.25. The second kappa shape index (κ2) is 6.90. The Kier molecular flexibility index (Phi) is 5.18. The van der Waals surface area contributed by atoms with Crippen LogP contribution in [0.1, 0.15) is 20.7 Å². The highest BCUT2D eigenvalue weighted by molar-refractivity contribution is 5.92. The van der Waals surface area contributed by atoms with Crippen LogP contribution in [0, 0.1) is 5.82 Å². The van der Waals surface area contributed by atoms with Crippen molar-refractivity contribution in [2.45, 2.75) is 0 Å². The Morgan fingerprint density at radius 2 is 1.94 bits per heavy atom. The summed E-state index contributed by atoms with van der Waals surface area (Å²) in [7, 11) is 0. The Hall–Kier alpha value is -2.56. The molecule has 1 heterocycles.